The Hall–Kier alpha value is -0.980. The van der Waals surface area contributed by atoms with E-state index >= 15 is 0 Å². The van der Waals surface area contributed by atoms with E-state index in [0.29, 0.717) is 18.8 Å². The zero-order valence-electron chi connectivity index (χ0n) is 10.5. The molecule has 0 amide bonds. The van der Waals surface area contributed by atoms with Gasteiger partial charge in [-0.3, -0.25) is 4.98 Å². The molecule has 1 aliphatic rings. The Morgan fingerprint density at radius 2 is 2.28 bits per heavy atom. The molecule has 2 N–H and O–H groups in total. The van der Waals surface area contributed by atoms with Crippen molar-refractivity contribution in [3.05, 3.63) is 24.0 Å². The van der Waals surface area contributed by atoms with Crippen molar-refractivity contribution in [3.8, 4) is 0 Å². The number of hydrogen-bond donors (Lipinski definition) is 1. The third-order valence-electron chi connectivity index (χ3n) is 3.41. The summed E-state index contributed by atoms with van der Waals surface area (Å²) in [6.07, 6.45) is 4.15. The summed E-state index contributed by atoms with van der Waals surface area (Å²) in [6, 6.07) is 3.39. The zero-order valence-corrected chi connectivity index (χ0v) is 11.4. The van der Waals surface area contributed by atoms with E-state index in [1.165, 1.54) is 6.20 Å². The monoisotopic (exact) mass is 269 g/mol. The second kappa shape index (κ2) is 5.34. The highest BCUT2D eigenvalue weighted by molar-refractivity contribution is 7.89. The van der Waals surface area contributed by atoms with Crippen LogP contribution in [0.2, 0.25) is 0 Å². The highest BCUT2D eigenvalue weighted by Gasteiger charge is 2.34. The second-order valence-corrected chi connectivity index (χ2v) is 6.40. The topological polar surface area (TPSA) is 76.3 Å². The molecule has 1 aromatic heterocycles. The molecule has 0 aromatic carbocycles. The molecule has 18 heavy (non-hydrogen) atoms. The highest BCUT2D eigenvalue weighted by Crippen LogP contribution is 2.27. The Morgan fingerprint density at radius 3 is 2.83 bits per heavy atom. The first-order valence-corrected chi connectivity index (χ1v) is 7.70. The average molecular weight is 269 g/mol. The molecule has 0 saturated carbocycles. The summed E-state index contributed by atoms with van der Waals surface area (Å²) in [7, 11) is -3.39. The number of nitrogens with zero attached hydrogens (tertiary/aromatic N) is 2. The SMILES string of the molecule is CCC1CCCN1S(=O)(=O)c1ccc(CN)nc1. The third-order valence-corrected chi connectivity index (χ3v) is 5.34. The molecule has 6 heteroatoms. The number of hydrogen-bond acceptors (Lipinski definition) is 4. The minimum Gasteiger partial charge on any atom is -0.325 e. The van der Waals surface area contributed by atoms with E-state index in [0.717, 1.165) is 19.3 Å². The van der Waals surface area contributed by atoms with E-state index < -0.39 is 10.0 Å². The molecule has 2 rings (SSSR count). The number of sulfonamides is 1. The van der Waals surface area contributed by atoms with E-state index in [9.17, 15) is 8.42 Å². The van der Waals surface area contributed by atoms with Gasteiger partial charge in [0, 0.05) is 25.3 Å². The van der Waals surface area contributed by atoms with Gasteiger partial charge < -0.3 is 5.73 Å². The lowest BCUT2D eigenvalue weighted by molar-refractivity contribution is 0.379. The van der Waals surface area contributed by atoms with Crippen molar-refractivity contribution < 1.29 is 8.42 Å². The van der Waals surface area contributed by atoms with Crippen molar-refractivity contribution >= 4 is 10.0 Å². The summed E-state index contributed by atoms with van der Waals surface area (Å²) in [5, 5.41) is 0. The lowest BCUT2D eigenvalue weighted by Crippen LogP contribution is -2.35. The van der Waals surface area contributed by atoms with Gasteiger partial charge in [-0.1, -0.05) is 6.92 Å². The smallest absolute Gasteiger partial charge is 0.244 e. The van der Waals surface area contributed by atoms with Crippen LogP contribution >= 0.6 is 0 Å². The lowest BCUT2D eigenvalue weighted by Gasteiger charge is -2.22. The fraction of sp³-hybridized carbons (Fsp3) is 0.583. The predicted molar refractivity (Wildman–Crippen MR) is 69.3 cm³/mol. The van der Waals surface area contributed by atoms with E-state index in [-0.39, 0.29) is 10.9 Å². The third kappa shape index (κ3) is 2.41. The fourth-order valence-corrected chi connectivity index (χ4v) is 4.07. The summed E-state index contributed by atoms with van der Waals surface area (Å²) in [5.74, 6) is 0. The normalized spacial score (nSPS) is 21.3. The number of rotatable bonds is 4. The van der Waals surface area contributed by atoms with Gasteiger partial charge in [0.15, 0.2) is 0 Å². The minimum atomic E-state index is -3.39. The van der Waals surface area contributed by atoms with Crippen LogP contribution in [0.4, 0.5) is 0 Å². The van der Waals surface area contributed by atoms with Gasteiger partial charge in [-0.05, 0) is 31.4 Å². The van der Waals surface area contributed by atoms with Crippen LogP contribution in [0.25, 0.3) is 0 Å². The number of pyridine rings is 1. The van der Waals surface area contributed by atoms with Crippen molar-refractivity contribution in [3.63, 3.8) is 0 Å². The van der Waals surface area contributed by atoms with Gasteiger partial charge in [0.05, 0.1) is 5.69 Å². The van der Waals surface area contributed by atoms with Crippen LogP contribution in [0.5, 0.6) is 0 Å². The Bertz CT molecular complexity index is 499. The average Bonchev–Trinajstić information content (AvgIpc) is 2.88. The van der Waals surface area contributed by atoms with Gasteiger partial charge in [-0.15, -0.1) is 0 Å². The van der Waals surface area contributed by atoms with Crippen LogP contribution < -0.4 is 5.73 Å². The Balaban J connectivity index is 2.29. The summed E-state index contributed by atoms with van der Waals surface area (Å²) >= 11 is 0. The van der Waals surface area contributed by atoms with Crippen LogP contribution in [0, 0.1) is 0 Å². The fourth-order valence-electron chi connectivity index (χ4n) is 2.35. The maximum atomic E-state index is 12.5. The highest BCUT2D eigenvalue weighted by atomic mass is 32.2. The Labute approximate surface area is 108 Å². The molecule has 5 nitrogen and oxygen atoms in total. The van der Waals surface area contributed by atoms with Gasteiger partial charge in [-0.2, -0.15) is 4.31 Å². The van der Waals surface area contributed by atoms with Crippen molar-refractivity contribution in [2.75, 3.05) is 6.54 Å². The summed E-state index contributed by atoms with van der Waals surface area (Å²) in [4.78, 5) is 4.32. The van der Waals surface area contributed by atoms with Crippen LogP contribution in [0.15, 0.2) is 23.2 Å². The molecule has 1 saturated heterocycles. The van der Waals surface area contributed by atoms with Gasteiger partial charge in [0.1, 0.15) is 4.90 Å². The summed E-state index contributed by atoms with van der Waals surface area (Å²) < 4.78 is 26.5. The molecule has 1 aliphatic heterocycles. The van der Waals surface area contributed by atoms with E-state index in [1.807, 2.05) is 6.92 Å². The van der Waals surface area contributed by atoms with Crippen molar-refractivity contribution in [1.29, 1.82) is 0 Å². The number of nitrogens with two attached hydrogens (primary N) is 1. The molecule has 0 spiro atoms. The summed E-state index contributed by atoms with van der Waals surface area (Å²) in [5.41, 5.74) is 6.15. The van der Waals surface area contributed by atoms with Crippen LogP contribution in [-0.4, -0.2) is 30.3 Å². The predicted octanol–water partition coefficient (Wildman–Crippen LogP) is 1.10. The Morgan fingerprint density at radius 1 is 1.50 bits per heavy atom. The molecule has 100 valence electrons. The van der Waals surface area contributed by atoms with Crippen LogP contribution in [0.1, 0.15) is 31.9 Å². The molecule has 0 aliphatic carbocycles. The van der Waals surface area contributed by atoms with Crippen LogP contribution in [0.3, 0.4) is 0 Å². The first-order valence-electron chi connectivity index (χ1n) is 6.26. The van der Waals surface area contributed by atoms with Gasteiger partial charge in [0.2, 0.25) is 10.0 Å². The molecular weight excluding hydrogens is 250 g/mol. The largest absolute Gasteiger partial charge is 0.325 e. The van der Waals surface area contributed by atoms with E-state index in [2.05, 4.69) is 4.98 Å². The molecule has 0 bridgehead atoms. The molecule has 1 aromatic rings. The summed E-state index contributed by atoms with van der Waals surface area (Å²) in [6.45, 7) is 2.95. The Kier molecular flexibility index (Phi) is 3.99. The maximum absolute atomic E-state index is 12.5. The van der Waals surface area contributed by atoms with Gasteiger partial charge in [-0.25, -0.2) is 8.42 Å². The van der Waals surface area contributed by atoms with Crippen LogP contribution in [-0.2, 0) is 16.6 Å². The molecule has 1 atom stereocenters. The zero-order chi connectivity index (χ0) is 13.2. The van der Waals surface area contributed by atoms with E-state index in [1.54, 1.807) is 16.4 Å². The molecular formula is C12H19N3O2S. The van der Waals surface area contributed by atoms with Crippen molar-refractivity contribution in [1.82, 2.24) is 9.29 Å². The molecule has 1 fully saturated rings. The lowest BCUT2D eigenvalue weighted by atomic mass is 10.2. The standard InChI is InChI=1S/C12H19N3O2S/c1-2-11-4-3-7-15(11)18(16,17)12-6-5-10(8-13)14-9-12/h5-6,9,11H,2-4,7-8,13H2,1H3. The van der Waals surface area contributed by atoms with E-state index in [4.69, 9.17) is 5.73 Å². The molecule has 2 heterocycles. The van der Waals surface area contributed by atoms with Crippen molar-refractivity contribution in [2.24, 2.45) is 5.73 Å². The van der Waals surface area contributed by atoms with Crippen molar-refractivity contribution in [2.45, 2.75) is 43.7 Å². The number of aromatic nitrogens is 1. The van der Waals surface area contributed by atoms with Gasteiger partial charge in [0.25, 0.3) is 0 Å². The quantitative estimate of drug-likeness (QED) is 0.888. The first-order chi connectivity index (χ1) is 8.59. The van der Waals surface area contributed by atoms with Gasteiger partial charge >= 0.3 is 0 Å². The molecule has 0 radical (unpaired) electrons. The maximum Gasteiger partial charge on any atom is 0.244 e. The first kappa shape index (κ1) is 13.5. The second-order valence-electron chi connectivity index (χ2n) is 4.51. The minimum absolute atomic E-state index is 0.129. The molecule has 1 unspecified atom stereocenters.